The van der Waals surface area contributed by atoms with Gasteiger partial charge in [0.2, 0.25) is 11.6 Å². The summed E-state index contributed by atoms with van der Waals surface area (Å²) in [5.74, 6) is -2.91. The van der Waals surface area contributed by atoms with Gasteiger partial charge in [-0.3, -0.25) is 23.8 Å². The van der Waals surface area contributed by atoms with Crippen LogP contribution < -0.4 is 9.61 Å². The number of carbonyl (C=O) groups is 3. The van der Waals surface area contributed by atoms with E-state index in [0.717, 1.165) is 24.1 Å². The van der Waals surface area contributed by atoms with Crippen molar-refractivity contribution in [3.05, 3.63) is 53.1 Å². The first-order valence-electron chi connectivity index (χ1n) is 11.3. The van der Waals surface area contributed by atoms with E-state index in [1.165, 1.54) is 24.3 Å². The molecule has 1 aromatic carbocycles. The number of aliphatic hydroxyl groups excluding tert-OH is 2. The molecule has 0 aliphatic carbocycles. The molecule has 0 spiro atoms. The van der Waals surface area contributed by atoms with Crippen molar-refractivity contribution >= 4 is 25.4 Å². The summed E-state index contributed by atoms with van der Waals surface area (Å²) in [6.45, 7) is -2.04. The highest BCUT2D eigenvalue weighted by Crippen LogP contribution is 2.47. The van der Waals surface area contributed by atoms with E-state index in [-0.39, 0.29) is 5.75 Å². The zero-order valence-corrected chi connectivity index (χ0v) is 21.4. The van der Waals surface area contributed by atoms with Crippen LogP contribution in [0.2, 0.25) is 0 Å². The fourth-order valence-electron chi connectivity index (χ4n) is 3.53. The van der Waals surface area contributed by atoms with Gasteiger partial charge in [0.1, 0.15) is 24.0 Å². The lowest BCUT2D eigenvalue weighted by Gasteiger charge is -2.31. The molecule has 0 bridgehead atoms. The lowest BCUT2D eigenvalue weighted by molar-refractivity contribution is -0.187. The number of para-hydroxylation sites is 1. The number of halogens is 3. The zero-order chi connectivity index (χ0) is 29.7. The second kappa shape index (κ2) is 12.3. The number of rotatable bonds is 11. The van der Waals surface area contributed by atoms with Gasteiger partial charge in [-0.2, -0.15) is 18.3 Å². The molecule has 19 heteroatoms. The highest BCUT2D eigenvalue weighted by Gasteiger charge is 2.58. The molecule has 0 aromatic heterocycles. The number of azide groups is 1. The van der Waals surface area contributed by atoms with Crippen LogP contribution in [0.1, 0.15) is 13.3 Å². The Hall–Kier alpha value is -3.50. The molecule has 0 radical (unpaired) electrons. The molecule has 40 heavy (non-hydrogen) atoms. The molecule has 6 atom stereocenters. The number of aliphatic hydroxyl groups is 2. The molecular formula is C21H23F3N5O10P. The minimum Gasteiger partial charge on any atom is -0.455 e. The van der Waals surface area contributed by atoms with Crippen LogP contribution >= 0.6 is 7.75 Å². The first-order chi connectivity index (χ1) is 18.7. The number of allylic oxidation sites excluding steroid dienone is 1. The number of nitrogens with zero attached hydrogens (tertiary/aromatic N) is 4. The third kappa shape index (κ3) is 7.57. The highest BCUT2D eigenvalue weighted by molar-refractivity contribution is 7.52. The lowest BCUT2D eigenvalue weighted by atomic mass is 10.1. The Labute approximate surface area is 223 Å². The van der Waals surface area contributed by atoms with E-state index in [9.17, 15) is 42.3 Å². The van der Waals surface area contributed by atoms with Crippen molar-refractivity contribution < 1.29 is 60.9 Å². The fraction of sp³-hybridized carbons (Fsp3) is 0.476. The Morgan fingerprint density at radius 1 is 1.35 bits per heavy atom. The lowest BCUT2D eigenvalue weighted by Crippen LogP contribution is -2.46. The van der Waals surface area contributed by atoms with Crippen LogP contribution in [0, 0.1) is 0 Å². The predicted molar refractivity (Wildman–Crippen MR) is 125 cm³/mol. The van der Waals surface area contributed by atoms with E-state index in [0.29, 0.717) is 0 Å². The number of nitrogens with one attached hydrogen (secondary N) is 1. The van der Waals surface area contributed by atoms with Gasteiger partial charge >= 0.3 is 19.9 Å². The quantitative estimate of drug-likeness (QED) is 0.0839. The van der Waals surface area contributed by atoms with E-state index < -0.39 is 81.4 Å². The first kappa shape index (κ1) is 31.0. The standard InChI is InChI=1S/C21H23F3N5O10P/c1-12(19(34)36-11-21(22,23)24)26-40(35,39-14-5-3-2-4-6-14)37-10-20(27-28-25)17(33)16(32)18(38-20)29-8-7-13(30)9-15(29)31/h2-8,12,16-18,32-33H,9-11H2,1H3,(H,26,35)/t12-,16+,17-,18+,20+,40?/m0/s1. The second-order valence-corrected chi connectivity index (χ2v) is 10.2. The zero-order valence-electron chi connectivity index (χ0n) is 20.5. The van der Waals surface area contributed by atoms with Crippen LogP contribution in [0.15, 0.2) is 47.7 Å². The minimum absolute atomic E-state index is 0.0912. The maximum atomic E-state index is 13.6. The first-order valence-corrected chi connectivity index (χ1v) is 12.9. The molecule has 1 saturated heterocycles. The number of amides is 1. The summed E-state index contributed by atoms with van der Waals surface area (Å²) in [6.07, 6.45) is -9.10. The largest absolute Gasteiger partial charge is 0.459 e. The van der Waals surface area contributed by atoms with Gasteiger partial charge in [-0.1, -0.05) is 23.3 Å². The average Bonchev–Trinajstić information content (AvgIpc) is 3.12. The molecule has 2 aliphatic rings. The summed E-state index contributed by atoms with van der Waals surface area (Å²) in [7, 11) is -4.78. The topological polar surface area (TPSA) is 210 Å². The molecule has 218 valence electrons. The third-order valence-corrected chi connectivity index (χ3v) is 7.04. The molecule has 0 saturated carbocycles. The van der Waals surface area contributed by atoms with Gasteiger partial charge in [0.15, 0.2) is 18.6 Å². The van der Waals surface area contributed by atoms with Gasteiger partial charge in [0.05, 0.1) is 13.0 Å². The number of benzene rings is 1. The van der Waals surface area contributed by atoms with E-state index >= 15 is 0 Å². The van der Waals surface area contributed by atoms with E-state index in [1.807, 2.05) is 0 Å². The summed E-state index contributed by atoms with van der Waals surface area (Å²) >= 11 is 0. The molecule has 2 heterocycles. The molecule has 1 unspecified atom stereocenters. The smallest absolute Gasteiger partial charge is 0.455 e. The van der Waals surface area contributed by atoms with Crippen molar-refractivity contribution in [2.24, 2.45) is 5.11 Å². The molecule has 2 aliphatic heterocycles. The van der Waals surface area contributed by atoms with E-state index in [4.69, 9.17) is 19.3 Å². The Morgan fingerprint density at radius 3 is 2.62 bits per heavy atom. The monoisotopic (exact) mass is 593 g/mol. The van der Waals surface area contributed by atoms with Crippen molar-refractivity contribution in [3.63, 3.8) is 0 Å². The maximum Gasteiger partial charge on any atom is 0.459 e. The van der Waals surface area contributed by atoms with Gasteiger partial charge < -0.3 is 24.2 Å². The van der Waals surface area contributed by atoms with Crippen molar-refractivity contribution in [1.82, 2.24) is 9.99 Å². The van der Waals surface area contributed by atoms with Gasteiger partial charge in [-0.05, 0) is 30.7 Å². The minimum atomic E-state index is -4.83. The molecule has 1 fully saturated rings. The number of hydrogen-bond donors (Lipinski definition) is 3. The van der Waals surface area contributed by atoms with E-state index in [1.54, 1.807) is 6.07 Å². The Morgan fingerprint density at radius 2 is 2.02 bits per heavy atom. The Kier molecular flexibility index (Phi) is 9.58. The Balaban J connectivity index is 1.85. The summed E-state index contributed by atoms with van der Waals surface area (Å²) in [4.78, 5) is 39.2. The van der Waals surface area contributed by atoms with Crippen LogP contribution in [-0.4, -0.2) is 82.4 Å². The number of ketones is 1. The van der Waals surface area contributed by atoms with Gasteiger partial charge in [-0.15, -0.1) is 0 Å². The highest BCUT2D eigenvalue weighted by atomic mass is 31.2. The number of carbonyl (C=O) groups excluding carboxylic acids is 3. The number of alkyl halides is 3. The van der Waals surface area contributed by atoms with Crippen LogP contribution in [0.5, 0.6) is 5.75 Å². The summed E-state index contributed by atoms with van der Waals surface area (Å²) in [5, 5.41) is 26.7. The number of ether oxygens (including phenoxy) is 2. The summed E-state index contributed by atoms with van der Waals surface area (Å²) in [6, 6.07) is 5.47. The van der Waals surface area contributed by atoms with Crippen LogP contribution in [0.3, 0.4) is 0 Å². The van der Waals surface area contributed by atoms with Gasteiger partial charge in [0, 0.05) is 11.1 Å². The molecule has 3 rings (SSSR count). The number of hydrogen-bond acceptors (Lipinski definition) is 11. The average molecular weight is 593 g/mol. The normalized spacial score (nSPS) is 27.1. The Bertz CT molecular complexity index is 1250. The fourth-order valence-corrected chi connectivity index (χ4v) is 5.04. The second-order valence-electron chi connectivity index (χ2n) is 8.49. The van der Waals surface area contributed by atoms with Crippen LogP contribution in [0.4, 0.5) is 13.2 Å². The molecule has 1 aromatic rings. The number of esters is 1. The van der Waals surface area contributed by atoms with Crippen molar-refractivity contribution in [2.75, 3.05) is 13.2 Å². The summed E-state index contributed by atoms with van der Waals surface area (Å²) in [5.41, 5.74) is 6.57. The van der Waals surface area contributed by atoms with Crippen molar-refractivity contribution in [3.8, 4) is 5.75 Å². The predicted octanol–water partition coefficient (Wildman–Crippen LogP) is 1.67. The van der Waals surface area contributed by atoms with Gasteiger partial charge in [-0.25, -0.2) is 4.57 Å². The van der Waals surface area contributed by atoms with Crippen LogP contribution in [-0.2, 0) is 32.9 Å². The van der Waals surface area contributed by atoms with Gasteiger partial charge in [0.25, 0.3) is 0 Å². The molecular weight excluding hydrogens is 570 g/mol. The van der Waals surface area contributed by atoms with Crippen LogP contribution in [0.25, 0.3) is 10.4 Å². The SMILES string of the molecule is C[C@H](NP(=O)(OC[C@@]1(N=[N+]=[N-])O[C@@H](N2C=CC(=O)CC2=O)[C@H](O)[C@@H]1O)Oc1ccccc1)C(=O)OCC(F)(F)F. The van der Waals surface area contributed by atoms with Crippen molar-refractivity contribution in [2.45, 2.75) is 49.7 Å². The molecule has 15 nitrogen and oxygen atoms in total. The third-order valence-electron chi connectivity index (χ3n) is 5.42. The maximum absolute atomic E-state index is 13.6. The van der Waals surface area contributed by atoms with Crippen molar-refractivity contribution in [1.29, 1.82) is 0 Å². The molecule has 3 N–H and O–H groups in total. The molecule has 1 amide bonds. The summed E-state index contributed by atoms with van der Waals surface area (Å²) < 4.78 is 71.2. The van der Waals surface area contributed by atoms with E-state index in [2.05, 4.69) is 19.9 Å².